The Hall–Kier alpha value is -2.27. The topological polar surface area (TPSA) is 97.0 Å². The number of nitrogens with one attached hydrogen (secondary N) is 2. The number of nitrogens with zero attached hydrogens (tertiary/aromatic N) is 1. The van der Waals surface area contributed by atoms with Gasteiger partial charge in [-0.2, -0.15) is 0 Å². The predicted molar refractivity (Wildman–Crippen MR) is 119 cm³/mol. The molecule has 0 spiro atoms. The second-order valence-corrected chi connectivity index (χ2v) is 8.30. The number of carbonyl (C=O) groups is 3. The molecule has 2 heterocycles. The van der Waals surface area contributed by atoms with Crippen LogP contribution in [-0.2, 0) is 19.1 Å². The Morgan fingerprint density at radius 3 is 2.60 bits per heavy atom. The molecule has 0 unspecified atom stereocenters. The van der Waals surface area contributed by atoms with E-state index in [1.807, 2.05) is 22.9 Å². The maximum atomic E-state index is 12.5. The smallest absolute Gasteiger partial charge is 0.341 e. The first-order valence-electron chi connectivity index (χ1n) is 9.52. The van der Waals surface area contributed by atoms with E-state index in [0.717, 1.165) is 16.9 Å². The van der Waals surface area contributed by atoms with Crippen LogP contribution in [0.4, 0.5) is 5.00 Å². The van der Waals surface area contributed by atoms with E-state index in [1.54, 1.807) is 26.0 Å². The SMILES string of the molecule is CCOC(=O)c1c(-c2cccs2)csc1NC(=O)CN(C)CC(=O)NCCCOC. The zero-order chi connectivity index (χ0) is 21.9. The number of hydrogen-bond acceptors (Lipinski definition) is 8. The Morgan fingerprint density at radius 2 is 1.93 bits per heavy atom. The number of likely N-dealkylation sites (N-methyl/N-ethyl adjacent to an activating group) is 1. The molecule has 2 amide bonds. The Morgan fingerprint density at radius 1 is 1.17 bits per heavy atom. The highest BCUT2D eigenvalue weighted by molar-refractivity contribution is 7.17. The van der Waals surface area contributed by atoms with Crippen LogP contribution < -0.4 is 10.6 Å². The van der Waals surface area contributed by atoms with Crippen molar-refractivity contribution < 1.29 is 23.9 Å². The Kier molecular flexibility index (Phi) is 9.95. The van der Waals surface area contributed by atoms with Crippen LogP contribution in [0.2, 0.25) is 0 Å². The van der Waals surface area contributed by atoms with Crippen LogP contribution in [0, 0.1) is 0 Å². The lowest BCUT2D eigenvalue weighted by atomic mass is 10.1. The average Bonchev–Trinajstić information content (AvgIpc) is 3.34. The molecule has 8 nitrogen and oxygen atoms in total. The number of amides is 2. The van der Waals surface area contributed by atoms with Gasteiger partial charge in [0, 0.05) is 36.1 Å². The maximum absolute atomic E-state index is 12.5. The first kappa shape index (κ1) is 24.0. The highest BCUT2D eigenvalue weighted by atomic mass is 32.1. The van der Waals surface area contributed by atoms with Gasteiger partial charge in [0.05, 0.1) is 19.7 Å². The van der Waals surface area contributed by atoms with Crippen molar-refractivity contribution in [2.45, 2.75) is 13.3 Å². The van der Waals surface area contributed by atoms with Gasteiger partial charge in [0.2, 0.25) is 11.8 Å². The molecule has 0 saturated heterocycles. The number of rotatable bonds is 12. The number of esters is 1. The molecule has 0 atom stereocenters. The van der Waals surface area contributed by atoms with Gasteiger partial charge in [-0.05, 0) is 31.8 Å². The predicted octanol–water partition coefficient (Wildman–Crippen LogP) is 2.68. The van der Waals surface area contributed by atoms with Crippen molar-refractivity contribution in [1.82, 2.24) is 10.2 Å². The van der Waals surface area contributed by atoms with Crippen LogP contribution in [0.3, 0.4) is 0 Å². The molecule has 2 aromatic heterocycles. The van der Waals surface area contributed by atoms with Crippen LogP contribution in [0.1, 0.15) is 23.7 Å². The summed E-state index contributed by atoms with van der Waals surface area (Å²) in [6.07, 6.45) is 0.730. The van der Waals surface area contributed by atoms with E-state index in [0.29, 0.717) is 23.7 Å². The second-order valence-electron chi connectivity index (χ2n) is 6.47. The molecule has 0 bridgehead atoms. The fourth-order valence-electron chi connectivity index (χ4n) is 2.68. The molecule has 10 heteroatoms. The van der Waals surface area contributed by atoms with Crippen molar-refractivity contribution in [3.8, 4) is 10.4 Å². The Bertz CT molecular complexity index is 836. The first-order valence-corrected chi connectivity index (χ1v) is 11.3. The van der Waals surface area contributed by atoms with Gasteiger partial charge in [-0.15, -0.1) is 22.7 Å². The summed E-state index contributed by atoms with van der Waals surface area (Å²) >= 11 is 2.79. The van der Waals surface area contributed by atoms with Gasteiger partial charge >= 0.3 is 5.97 Å². The molecule has 30 heavy (non-hydrogen) atoms. The number of ether oxygens (including phenoxy) is 2. The van der Waals surface area contributed by atoms with Crippen molar-refractivity contribution in [3.63, 3.8) is 0 Å². The summed E-state index contributed by atoms with van der Waals surface area (Å²) < 4.78 is 10.1. The van der Waals surface area contributed by atoms with Crippen molar-refractivity contribution in [3.05, 3.63) is 28.5 Å². The third kappa shape index (κ3) is 7.21. The van der Waals surface area contributed by atoms with Crippen LogP contribution >= 0.6 is 22.7 Å². The van der Waals surface area contributed by atoms with Gasteiger partial charge in [-0.3, -0.25) is 14.5 Å². The van der Waals surface area contributed by atoms with Crippen molar-refractivity contribution >= 4 is 45.5 Å². The minimum atomic E-state index is -0.471. The zero-order valence-corrected chi connectivity index (χ0v) is 19.0. The van der Waals surface area contributed by atoms with Gasteiger partial charge in [-0.25, -0.2) is 4.79 Å². The molecule has 0 fully saturated rings. The van der Waals surface area contributed by atoms with Gasteiger partial charge in [-0.1, -0.05) is 6.07 Å². The largest absolute Gasteiger partial charge is 0.462 e. The third-order valence-electron chi connectivity index (χ3n) is 3.98. The molecule has 164 valence electrons. The molecule has 0 saturated carbocycles. The van der Waals surface area contributed by atoms with Gasteiger partial charge in [0.25, 0.3) is 0 Å². The normalized spacial score (nSPS) is 10.8. The van der Waals surface area contributed by atoms with Crippen molar-refractivity contribution in [2.75, 3.05) is 52.3 Å². The monoisotopic (exact) mass is 453 g/mol. The van der Waals surface area contributed by atoms with Gasteiger partial charge in [0.15, 0.2) is 0 Å². The minimum absolute atomic E-state index is 0.0139. The quantitative estimate of drug-likeness (QED) is 0.379. The summed E-state index contributed by atoms with van der Waals surface area (Å²) in [5.74, 6) is -0.944. The number of hydrogen-bond donors (Lipinski definition) is 2. The van der Waals surface area contributed by atoms with E-state index >= 15 is 0 Å². The molecule has 0 radical (unpaired) electrons. The molecule has 0 aliphatic carbocycles. The average molecular weight is 454 g/mol. The van der Waals surface area contributed by atoms with Gasteiger partial charge < -0.3 is 20.1 Å². The van der Waals surface area contributed by atoms with E-state index in [2.05, 4.69) is 10.6 Å². The minimum Gasteiger partial charge on any atom is -0.462 e. The van der Waals surface area contributed by atoms with E-state index in [9.17, 15) is 14.4 Å². The summed E-state index contributed by atoms with van der Waals surface area (Å²) in [6.45, 7) is 3.19. The maximum Gasteiger partial charge on any atom is 0.341 e. The summed E-state index contributed by atoms with van der Waals surface area (Å²) in [5.41, 5.74) is 1.10. The van der Waals surface area contributed by atoms with Crippen LogP contribution in [0.25, 0.3) is 10.4 Å². The molecule has 0 aromatic carbocycles. The Labute approximate surface area is 184 Å². The van der Waals surface area contributed by atoms with Crippen molar-refractivity contribution in [1.29, 1.82) is 0 Å². The van der Waals surface area contributed by atoms with E-state index in [-0.39, 0.29) is 31.5 Å². The van der Waals surface area contributed by atoms with Crippen LogP contribution in [0.15, 0.2) is 22.9 Å². The van der Waals surface area contributed by atoms with Crippen LogP contribution in [0.5, 0.6) is 0 Å². The number of methoxy groups -OCH3 is 1. The first-order chi connectivity index (χ1) is 14.5. The molecule has 0 aliphatic heterocycles. The second kappa shape index (κ2) is 12.4. The number of anilines is 1. The standard InChI is InChI=1S/C20H27N3O5S2/c1-4-28-20(26)18-14(15-7-5-10-29-15)13-30-19(18)22-17(25)12-23(2)11-16(24)21-8-6-9-27-3/h5,7,10,13H,4,6,8-9,11-12H2,1-3H3,(H,21,24)(H,22,25). The van der Waals surface area contributed by atoms with Crippen molar-refractivity contribution in [2.24, 2.45) is 0 Å². The summed E-state index contributed by atoms with van der Waals surface area (Å²) in [6, 6.07) is 3.82. The van der Waals surface area contributed by atoms with Crippen LogP contribution in [-0.4, -0.2) is 69.7 Å². The fraction of sp³-hybridized carbons (Fsp3) is 0.450. The summed E-state index contributed by atoms with van der Waals surface area (Å²) in [4.78, 5) is 39.5. The van der Waals surface area contributed by atoms with Gasteiger partial charge in [0.1, 0.15) is 10.6 Å². The molecular formula is C20H27N3O5S2. The lowest BCUT2D eigenvalue weighted by Crippen LogP contribution is -2.39. The lowest BCUT2D eigenvalue weighted by Gasteiger charge is -2.16. The molecule has 2 rings (SSSR count). The highest BCUT2D eigenvalue weighted by Gasteiger charge is 2.23. The summed E-state index contributed by atoms with van der Waals surface area (Å²) in [7, 11) is 3.30. The summed E-state index contributed by atoms with van der Waals surface area (Å²) in [5, 5.41) is 9.78. The highest BCUT2D eigenvalue weighted by Crippen LogP contribution is 2.38. The number of thiophene rings is 2. The molecular weight excluding hydrogens is 426 g/mol. The van der Waals surface area contributed by atoms with E-state index < -0.39 is 5.97 Å². The zero-order valence-electron chi connectivity index (χ0n) is 17.4. The molecule has 2 N–H and O–H groups in total. The fourth-order valence-corrected chi connectivity index (χ4v) is 4.47. The molecule has 2 aromatic rings. The lowest BCUT2D eigenvalue weighted by molar-refractivity contribution is -0.123. The third-order valence-corrected chi connectivity index (χ3v) is 5.78. The Balaban J connectivity index is 1.97. The van der Waals surface area contributed by atoms with E-state index in [4.69, 9.17) is 9.47 Å². The van der Waals surface area contributed by atoms with E-state index in [1.165, 1.54) is 22.7 Å². The number of carbonyl (C=O) groups excluding carboxylic acids is 3. The molecule has 0 aliphatic rings.